The topological polar surface area (TPSA) is 32.3 Å². The number of aliphatic hydroxyl groups is 1. The highest BCUT2D eigenvalue weighted by Crippen LogP contribution is 2.24. The molecule has 1 aliphatic carbocycles. The molecule has 2 atom stereocenters. The molecule has 1 saturated carbocycles. The monoisotopic (exact) mass is 237 g/mol. The minimum absolute atomic E-state index is 0.112. The van der Waals surface area contributed by atoms with Crippen molar-refractivity contribution in [3.8, 4) is 0 Å². The highest BCUT2D eigenvalue weighted by Gasteiger charge is 2.21. The Kier molecular flexibility index (Phi) is 4.13. The van der Waals surface area contributed by atoms with E-state index in [1.165, 1.54) is 0 Å². The zero-order valence-corrected chi connectivity index (χ0v) is 10.2. The number of benzene rings is 1. The van der Waals surface area contributed by atoms with Gasteiger partial charge in [0.15, 0.2) is 0 Å². The Labute approximate surface area is 102 Å². The lowest BCUT2D eigenvalue weighted by Crippen LogP contribution is -2.21. The van der Waals surface area contributed by atoms with Crippen molar-refractivity contribution in [3.63, 3.8) is 0 Å². The van der Waals surface area contributed by atoms with E-state index in [2.05, 4.69) is 5.32 Å². The predicted octanol–water partition coefficient (Wildman–Crippen LogP) is 2.38. The minimum atomic E-state index is -0.138. The highest BCUT2D eigenvalue weighted by molar-refractivity contribution is 5.23. The van der Waals surface area contributed by atoms with E-state index in [1.54, 1.807) is 13.0 Å². The van der Waals surface area contributed by atoms with Gasteiger partial charge in [-0.3, -0.25) is 0 Å². The maximum atomic E-state index is 13.3. The van der Waals surface area contributed by atoms with Gasteiger partial charge in [-0.2, -0.15) is 0 Å². The lowest BCUT2D eigenvalue weighted by Gasteiger charge is -2.11. The van der Waals surface area contributed by atoms with Crippen LogP contribution in [0.25, 0.3) is 0 Å². The second kappa shape index (κ2) is 5.61. The van der Waals surface area contributed by atoms with E-state index < -0.39 is 0 Å². The van der Waals surface area contributed by atoms with Gasteiger partial charge in [0.25, 0.3) is 0 Å². The Hall–Kier alpha value is -0.930. The van der Waals surface area contributed by atoms with Gasteiger partial charge in [0, 0.05) is 6.54 Å². The Morgan fingerprint density at radius 3 is 2.88 bits per heavy atom. The van der Waals surface area contributed by atoms with E-state index in [0.29, 0.717) is 18.0 Å². The van der Waals surface area contributed by atoms with E-state index in [4.69, 9.17) is 0 Å². The number of hydrogen-bond donors (Lipinski definition) is 2. The molecule has 0 radical (unpaired) electrons. The van der Waals surface area contributed by atoms with Crippen LogP contribution in [-0.4, -0.2) is 17.8 Å². The Bertz CT molecular complexity index is 380. The lowest BCUT2D eigenvalue weighted by atomic mass is 10.1. The first kappa shape index (κ1) is 12.5. The minimum Gasteiger partial charge on any atom is -0.393 e. The van der Waals surface area contributed by atoms with Crippen LogP contribution in [0, 0.1) is 18.7 Å². The molecule has 3 heteroatoms. The summed E-state index contributed by atoms with van der Waals surface area (Å²) in [5, 5.41) is 12.7. The zero-order chi connectivity index (χ0) is 12.3. The molecule has 0 aromatic heterocycles. The van der Waals surface area contributed by atoms with Crippen LogP contribution in [0.15, 0.2) is 18.2 Å². The summed E-state index contributed by atoms with van der Waals surface area (Å²) < 4.78 is 13.3. The van der Waals surface area contributed by atoms with Gasteiger partial charge in [-0.25, -0.2) is 4.39 Å². The number of aliphatic hydroxyl groups excluding tert-OH is 1. The van der Waals surface area contributed by atoms with Crippen molar-refractivity contribution in [2.45, 2.75) is 38.8 Å². The summed E-state index contributed by atoms with van der Waals surface area (Å²) in [7, 11) is 0. The van der Waals surface area contributed by atoms with Crippen LogP contribution in [0.1, 0.15) is 30.4 Å². The standard InChI is InChI=1S/C14H20FNO/c1-10-2-3-12(7-14(10)15)9-16-8-11-4-5-13(17)6-11/h2-3,7,11,13,16-17H,4-6,8-9H2,1H3. The van der Waals surface area contributed by atoms with E-state index in [-0.39, 0.29) is 11.9 Å². The normalized spacial score (nSPS) is 24.2. The Morgan fingerprint density at radius 2 is 2.24 bits per heavy atom. The van der Waals surface area contributed by atoms with Crippen molar-refractivity contribution in [2.24, 2.45) is 5.92 Å². The molecule has 0 aliphatic heterocycles. The Balaban J connectivity index is 1.76. The van der Waals surface area contributed by atoms with Gasteiger partial charge in [-0.05, 0) is 55.8 Å². The van der Waals surface area contributed by atoms with Crippen LogP contribution >= 0.6 is 0 Å². The van der Waals surface area contributed by atoms with Crippen LogP contribution in [0.4, 0.5) is 4.39 Å². The summed E-state index contributed by atoms with van der Waals surface area (Å²) in [6, 6.07) is 5.35. The highest BCUT2D eigenvalue weighted by atomic mass is 19.1. The smallest absolute Gasteiger partial charge is 0.126 e. The maximum absolute atomic E-state index is 13.3. The van der Waals surface area contributed by atoms with E-state index in [0.717, 1.165) is 31.4 Å². The zero-order valence-electron chi connectivity index (χ0n) is 10.2. The third-order valence-corrected chi connectivity index (χ3v) is 3.51. The van der Waals surface area contributed by atoms with E-state index in [1.807, 2.05) is 12.1 Å². The van der Waals surface area contributed by atoms with Gasteiger partial charge in [-0.15, -0.1) is 0 Å². The van der Waals surface area contributed by atoms with Gasteiger partial charge in [-0.1, -0.05) is 12.1 Å². The van der Waals surface area contributed by atoms with Crippen LogP contribution < -0.4 is 5.32 Å². The molecule has 17 heavy (non-hydrogen) atoms. The second-order valence-corrected chi connectivity index (χ2v) is 5.05. The van der Waals surface area contributed by atoms with Crippen molar-refractivity contribution in [3.05, 3.63) is 35.1 Å². The van der Waals surface area contributed by atoms with Crippen LogP contribution in [-0.2, 0) is 6.54 Å². The second-order valence-electron chi connectivity index (χ2n) is 5.05. The molecule has 0 bridgehead atoms. The maximum Gasteiger partial charge on any atom is 0.126 e. The summed E-state index contributed by atoms with van der Waals surface area (Å²) in [6.07, 6.45) is 2.80. The first-order chi connectivity index (χ1) is 8.15. The van der Waals surface area contributed by atoms with Crippen molar-refractivity contribution in [2.75, 3.05) is 6.54 Å². The average molecular weight is 237 g/mol. The van der Waals surface area contributed by atoms with Crippen molar-refractivity contribution < 1.29 is 9.50 Å². The molecule has 94 valence electrons. The van der Waals surface area contributed by atoms with Gasteiger partial charge in [0.2, 0.25) is 0 Å². The first-order valence-corrected chi connectivity index (χ1v) is 6.29. The third kappa shape index (κ3) is 3.51. The number of halogens is 1. The fourth-order valence-corrected chi connectivity index (χ4v) is 2.40. The molecule has 0 heterocycles. The summed E-state index contributed by atoms with van der Waals surface area (Å²) in [5.41, 5.74) is 1.67. The van der Waals surface area contributed by atoms with Gasteiger partial charge in [0.1, 0.15) is 5.82 Å². The van der Waals surface area contributed by atoms with Crippen molar-refractivity contribution in [1.82, 2.24) is 5.32 Å². The molecule has 1 aromatic rings. The summed E-state index contributed by atoms with van der Waals surface area (Å²) in [5.74, 6) is 0.431. The molecule has 2 nitrogen and oxygen atoms in total. The van der Waals surface area contributed by atoms with Crippen molar-refractivity contribution in [1.29, 1.82) is 0 Å². The Morgan fingerprint density at radius 1 is 1.41 bits per heavy atom. The first-order valence-electron chi connectivity index (χ1n) is 6.29. The van der Waals surface area contributed by atoms with Gasteiger partial charge < -0.3 is 10.4 Å². The molecular weight excluding hydrogens is 217 g/mol. The predicted molar refractivity (Wildman–Crippen MR) is 66.2 cm³/mol. The van der Waals surface area contributed by atoms with Crippen LogP contribution in [0.3, 0.4) is 0 Å². The van der Waals surface area contributed by atoms with Gasteiger partial charge in [0.05, 0.1) is 6.10 Å². The molecule has 1 fully saturated rings. The molecule has 2 N–H and O–H groups in total. The summed E-state index contributed by atoms with van der Waals surface area (Å²) in [6.45, 7) is 3.38. The third-order valence-electron chi connectivity index (χ3n) is 3.51. The fourth-order valence-electron chi connectivity index (χ4n) is 2.40. The SMILES string of the molecule is Cc1ccc(CNCC2CCC(O)C2)cc1F. The molecule has 0 spiro atoms. The number of aryl methyl sites for hydroxylation is 1. The largest absolute Gasteiger partial charge is 0.393 e. The lowest BCUT2D eigenvalue weighted by molar-refractivity contribution is 0.177. The number of hydrogen-bond acceptors (Lipinski definition) is 2. The molecule has 1 aromatic carbocycles. The molecule has 0 saturated heterocycles. The number of nitrogens with one attached hydrogen (secondary N) is 1. The average Bonchev–Trinajstić information content (AvgIpc) is 2.70. The van der Waals surface area contributed by atoms with Crippen LogP contribution in [0.5, 0.6) is 0 Å². The molecule has 2 rings (SSSR count). The van der Waals surface area contributed by atoms with E-state index >= 15 is 0 Å². The summed E-state index contributed by atoms with van der Waals surface area (Å²) in [4.78, 5) is 0. The van der Waals surface area contributed by atoms with Crippen molar-refractivity contribution >= 4 is 0 Å². The summed E-state index contributed by atoms with van der Waals surface area (Å²) >= 11 is 0. The van der Waals surface area contributed by atoms with Gasteiger partial charge >= 0.3 is 0 Å². The van der Waals surface area contributed by atoms with E-state index in [9.17, 15) is 9.50 Å². The molecule has 0 amide bonds. The fraction of sp³-hybridized carbons (Fsp3) is 0.571. The molecule has 1 aliphatic rings. The molecular formula is C14H20FNO. The quantitative estimate of drug-likeness (QED) is 0.842. The molecule has 2 unspecified atom stereocenters. The van der Waals surface area contributed by atoms with Crippen LogP contribution in [0.2, 0.25) is 0 Å². The number of rotatable bonds is 4.